The van der Waals surface area contributed by atoms with Crippen LogP contribution in [0.5, 0.6) is 5.75 Å². The number of aromatic nitrogens is 4. The maximum Gasteiger partial charge on any atom is 0.119 e. The molecule has 2 aromatic carbocycles. The molecule has 166 valence electrons. The highest BCUT2D eigenvalue weighted by molar-refractivity contribution is 5.85. The largest absolute Gasteiger partial charge is 0.497 e. The second-order valence-corrected chi connectivity index (χ2v) is 7.42. The summed E-state index contributed by atoms with van der Waals surface area (Å²) in [4.78, 5) is 10.9. The average Bonchev–Trinajstić information content (AvgIpc) is 3.32. The van der Waals surface area contributed by atoms with Crippen molar-refractivity contribution < 1.29 is 4.74 Å². The van der Waals surface area contributed by atoms with Crippen LogP contribution >= 0.6 is 0 Å². The van der Waals surface area contributed by atoms with Crippen LogP contribution in [0.4, 0.5) is 0 Å². The Kier molecular flexibility index (Phi) is 6.90. The fourth-order valence-electron chi connectivity index (χ4n) is 3.51. The first-order chi connectivity index (χ1) is 16.2. The molecule has 4 aromatic rings. The van der Waals surface area contributed by atoms with Gasteiger partial charge in [0.05, 0.1) is 43.5 Å². The van der Waals surface area contributed by atoms with Crippen molar-refractivity contribution in [1.82, 2.24) is 24.9 Å². The first-order valence-corrected chi connectivity index (χ1v) is 10.6. The van der Waals surface area contributed by atoms with Crippen molar-refractivity contribution in [2.75, 3.05) is 7.11 Å². The highest BCUT2D eigenvalue weighted by atomic mass is 16.5. The number of pyridine rings is 1. The first-order valence-electron chi connectivity index (χ1n) is 10.6. The Morgan fingerprint density at radius 1 is 1.09 bits per heavy atom. The topological polar surface area (TPSA) is 68.4 Å². The van der Waals surface area contributed by atoms with Gasteiger partial charge in [-0.25, -0.2) is 4.68 Å². The van der Waals surface area contributed by atoms with Crippen molar-refractivity contribution in [2.24, 2.45) is 4.99 Å². The predicted octanol–water partition coefficient (Wildman–Crippen LogP) is 4.94. The van der Waals surface area contributed by atoms with Crippen LogP contribution < -0.4 is 4.74 Å². The van der Waals surface area contributed by atoms with Crippen molar-refractivity contribution in [1.29, 1.82) is 0 Å². The highest BCUT2D eigenvalue weighted by Crippen LogP contribution is 2.23. The van der Waals surface area contributed by atoms with E-state index in [4.69, 9.17) is 4.74 Å². The van der Waals surface area contributed by atoms with E-state index in [0.29, 0.717) is 13.1 Å². The number of fused-ring (bicyclic) bond motifs is 1. The number of methoxy groups -OCH3 is 1. The quantitative estimate of drug-likeness (QED) is 0.273. The average molecular weight is 439 g/mol. The van der Waals surface area contributed by atoms with Crippen molar-refractivity contribution >= 4 is 17.0 Å². The lowest BCUT2D eigenvalue weighted by atomic mass is 10.1. The van der Waals surface area contributed by atoms with Gasteiger partial charge in [0.1, 0.15) is 11.4 Å². The number of aliphatic imine (C=N–C) groups is 1. The van der Waals surface area contributed by atoms with E-state index < -0.39 is 0 Å². The third-order valence-corrected chi connectivity index (χ3v) is 5.09. The number of hydrogen-bond acceptors (Lipinski definition) is 6. The maximum atomic E-state index is 5.31. The summed E-state index contributed by atoms with van der Waals surface area (Å²) >= 11 is 0. The number of ether oxygens (including phenoxy) is 1. The van der Waals surface area contributed by atoms with Gasteiger partial charge in [-0.05, 0) is 60.2 Å². The lowest BCUT2D eigenvalue weighted by molar-refractivity contribution is 0.350. The SMILES string of the molecule is C=C/C(=C/N(Cc1ccccn1)Cc1cn(-c2ccc3cc(OC)ccc3c2)nn1)N=CC. The normalized spacial score (nSPS) is 11.8. The second kappa shape index (κ2) is 10.4. The molecule has 4 rings (SSSR count). The van der Waals surface area contributed by atoms with E-state index in [-0.39, 0.29) is 0 Å². The van der Waals surface area contributed by atoms with E-state index in [1.165, 1.54) is 0 Å². The molecule has 0 aliphatic rings. The lowest BCUT2D eigenvalue weighted by Crippen LogP contribution is -2.18. The van der Waals surface area contributed by atoms with Crippen LogP contribution in [0.15, 0.2) is 96.5 Å². The van der Waals surface area contributed by atoms with Crippen molar-refractivity contribution in [3.8, 4) is 11.4 Å². The van der Waals surface area contributed by atoms with Gasteiger partial charge in [-0.3, -0.25) is 9.98 Å². The van der Waals surface area contributed by atoms with Crippen LogP contribution in [0, 0.1) is 0 Å². The Morgan fingerprint density at radius 3 is 2.67 bits per heavy atom. The minimum absolute atomic E-state index is 0.554. The minimum Gasteiger partial charge on any atom is -0.497 e. The number of nitrogens with zero attached hydrogens (tertiary/aromatic N) is 6. The summed E-state index contributed by atoms with van der Waals surface area (Å²) < 4.78 is 7.11. The highest BCUT2D eigenvalue weighted by Gasteiger charge is 2.10. The fraction of sp³-hybridized carbons (Fsp3) is 0.154. The summed E-state index contributed by atoms with van der Waals surface area (Å²) in [6.07, 6.45) is 9.18. The molecule has 0 spiro atoms. The minimum atomic E-state index is 0.554. The molecule has 0 saturated carbocycles. The molecular formula is C26H26N6O. The summed E-state index contributed by atoms with van der Waals surface area (Å²) in [5.74, 6) is 0.839. The molecule has 7 nitrogen and oxygen atoms in total. The monoisotopic (exact) mass is 438 g/mol. The van der Waals surface area contributed by atoms with E-state index in [1.807, 2.05) is 61.8 Å². The predicted molar refractivity (Wildman–Crippen MR) is 131 cm³/mol. The fourth-order valence-corrected chi connectivity index (χ4v) is 3.51. The molecular weight excluding hydrogens is 412 g/mol. The Labute approximate surface area is 193 Å². The smallest absolute Gasteiger partial charge is 0.119 e. The number of allylic oxidation sites excluding steroid dienone is 1. The molecule has 0 aliphatic carbocycles. The Morgan fingerprint density at radius 2 is 1.91 bits per heavy atom. The van der Waals surface area contributed by atoms with Gasteiger partial charge in [-0.1, -0.05) is 30.0 Å². The zero-order valence-corrected chi connectivity index (χ0v) is 18.8. The summed E-state index contributed by atoms with van der Waals surface area (Å²) in [5, 5.41) is 11.0. The third-order valence-electron chi connectivity index (χ3n) is 5.09. The number of benzene rings is 2. The molecule has 2 aromatic heterocycles. The standard InChI is InChI=1S/C26H26N6O/c1-4-22(27-5-2)16-31(17-23-8-6-7-13-28-23)18-24-19-32(30-29-24)25-11-9-21-15-26(33-3)12-10-20(21)14-25/h4-16,19H,1,17-18H2,2-3H3/b22-16-,27-5?. The third kappa shape index (κ3) is 5.51. The van der Waals surface area contributed by atoms with Gasteiger partial charge in [-0.2, -0.15) is 0 Å². The zero-order chi connectivity index (χ0) is 23.0. The van der Waals surface area contributed by atoms with Gasteiger partial charge in [-0.15, -0.1) is 5.10 Å². The molecule has 0 amide bonds. The van der Waals surface area contributed by atoms with Crippen LogP contribution in [0.25, 0.3) is 16.5 Å². The molecule has 0 N–H and O–H groups in total. The van der Waals surface area contributed by atoms with Gasteiger partial charge < -0.3 is 9.64 Å². The maximum absolute atomic E-state index is 5.31. The Balaban J connectivity index is 1.58. The summed E-state index contributed by atoms with van der Waals surface area (Å²) in [6.45, 7) is 6.91. The van der Waals surface area contributed by atoms with Gasteiger partial charge >= 0.3 is 0 Å². The second-order valence-electron chi connectivity index (χ2n) is 7.42. The van der Waals surface area contributed by atoms with Gasteiger partial charge in [0.25, 0.3) is 0 Å². The van der Waals surface area contributed by atoms with Gasteiger partial charge in [0.15, 0.2) is 0 Å². The zero-order valence-electron chi connectivity index (χ0n) is 18.8. The molecule has 0 bridgehead atoms. The van der Waals surface area contributed by atoms with Crippen LogP contribution in [-0.4, -0.2) is 38.2 Å². The summed E-state index contributed by atoms with van der Waals surface area (Å²) in [7, 11) is 1.67. The van der Waals surface area contributed by atoms with Crippen molar-refractivity contribution in [2.45, 2.75) is 20.0 Å². The molecule has 0 atom stereocenters. The van der Waals surface area contributed by atoms with E-state index >= 15 is 0 Å². The Hall–Kier alpha value is -4.26. The van der Waals surface area contributed by atoms with Gasteiger partial charge in [0, 0.05) is 18.6 Å². The van der Waals surface area contributed by atoms with E-state index in [1.54, 1.807) is 30.3 Å². The molecule has 2 heterocycles. The van der Waals surface area contributed by atoms with E-state index in [9.17, 15) is 0 Å². The molecule has 7 heteroatoms. The van der Waals surface area contributed by atoms with Crippen LogP contribution in [0.3, 0.4) is 0 Å². The number of hydrogen-bond donors (Lipinski definition) is 0. The van der Waals surface area contributed by atoms with Crippen LogP contribution in [0.2, 0.25) is 0 Å². The van der Waals surface area contributed by atoms with Crippen molar-refractivity contribution in [3.05, 3.63) is 103 Å². The molecule has 0 radical (unpaired) electrons. The lowest BCUT2D eigenvalue weighted by Gasteiger charge is -2.19. The summed E-state index contributed by atoms with van der Waals surface area (Å²) in [5.41, 5.74) is 3.50. The summed E-state index contributed by atoms with van der Waals surface area (Å²) in [6, 6.07) is 18.1. The molecule has 33 heavy (non-hydrogen) atoms. The van der Waals surface area contributed by atoms with E-state index in [2.05, 4.69) is 43.9 Å². The number of rotatable bonds is 9. The van der Waals surface area contributed by atoms with E-state index in [0.717, 1.165) is 39.3 Å². The molecule has 0 aliphatic heterocycles. The molecule has 0 unspecified atom stereocenters. The Bertz CT molecular complexity index is 1290. The molecule has 0 fully saturated rings. The van der Waals surface area contributed by atoms with Crippen LogP contribution in [0.1, 0.15) is 18.3 Å². The van der Waals surface area contributed by atoms with Crippen molar-refractivity contribution in [3.63, 3.8) is 0 Å². The molecule has 0 saturated heterocycles. The first kappa shape index (κ1) is 22.0. The van der Waals surface area contributed by atoms with Gasteiger partial charge in [0.2, 0.25) is 0 Å². The van der Waals surface area contributed by atoms with Crippen LogP contribution in [-0.2, 0) is 13.1 Å².